The first-order chi connectivity index (χ1) is 22.7. The van der Waals surface area contributed by atoms with Gasteiger partial charge in [-0.05, 0) is 88.1 Å². The van der Waals surface area contributed by atoms with E-state index in [9.17, 15) is 32.8 Å². The number of nitrogens with zero attached hydrogens (tertiary/aromatic N) is 6. The van der Waals surface area contributed by atoms with Crippen molar-refractivity contribution in [2.45, 2.75) is 58.0 Å². The molecule has 1 aliphatic carbocycles. The van der Waals surface area contributed by atoms with E-state index in [0.29, 0.717) is 23.5 Å². The Morgan fingerprint density at radius 3 is 2.44 bits per heavy atom. The highest BCUT2D eigenvalue weighted by molar-refractivity contribution is 6.00. The lowest BCUT2D eigenvalue weighted by Gasteiger charge is -2.31. The number of aromatic nitrogens is 4. The monoisotopic (exact) mass is 661 g/mol. The van der Waals surface area contributed by atoms with Crippen LogP contribution in [0.15, 0.2) is 65.6 Å². The molecular weight excluding hydrogens is 627 g/mol. The molecule has 11 nitrogen and oxygen atoms in total. The zero-order valence-electron chi connectivity index (χ0n) is 26.8. The number of ether oxygens (including phenoxy) is 1. The van der Waals surface area contributed by atoms with E-state index in [4.69, 9.17) is 4.74 Å². The van der Waals surface area contributed by atoms with Gasteiger partial charge in [0.15, 0.2) is 0 Å². The molecule has 2 amide bonds. The summed E-state index contributed by atoms with van der Waals surface area (Å²) in [6, 6.07) is 14.4. The van der Waals surface area contributed by atoms with Gasteiger partial charge in [0.1, 0.15) is 23.0 Å². The number of rotatable bonds is 5. The summed E-state index contributed by atoms with van der Waals surface area (Å²) >= 11 is 0. The molecule has 2 aromatic carbocycles. The zero-order valence-corrected chi connectivity index (χ0v) is 26.8. The third-order valence-electron chi connectivity index (χ3n) is 8.84. The lowest BCUT2D eigenvalue weighted by molar-refractivity contribution is -0.137. The number of hydrogen-bond acceptors (Lipinski definition) is 6. The Morgan fingerprint density at radius 1 is 1.04 bits per heavy atom. The van der Waals surface area contributed by atoms with Gasteiger partial charge in [-0.25, -0.2) is 14.2 Å². The standard InChI is InChI=1S/C34H34F3N7O4/c1-33(2,3)48-32(47)42-19-21-7-5-10-25(21)29(42)40-30(45)27-28(26-15-16-39-43(26)23-13-11-20(18-38)12-14-23)41(4)44(31(27)46)24-9-6-8-22(17-24)34(35,36)37/h6,8-9,11-17,21,25,29H,5,7,10,19H2,1-4H3,(H,40,45). The highest BCUT2D eigenvalue weighted by Gasteiger charge is 2.48. The summed E-state index contributed by atoms with van der Waals surface area (Å²) in [4.78, 5) is 43.4. The second kappa shape index (κ2) is 12.0. The molecule has 6 rings (SSSR count). The lowest BCUT2D eigenvalue weighted by atomic mass is 9.98. The van der Waals surface area contributed by atoms with Crippen LogP contribution in [0.25, 0.3) is 22.8 Å². The van der Waals surface area contributed by atoms with Crippen molar-refractivity contribution in [3.8, 4) is 28.8 Å². The number of hydrogen-bond donors (Lipinski definition) is 1. The first-order valence-electron chi connectivity index (χ1n) is 15.5. The molecule has 48 heavy (non-hydrogen) atoms. The number of halogens is 3. The molecule has 2 fully saturated rings. The van der Waals surface area contributed by atoms with Crippen LogP contribution in [-0.2, 0) is 18.0 Å². The second-order valence-corrected chi connectivity index (χ2v) is 13.1. The number of likely N-dealkylation sites (tertiary alicyclic amines) is 1. The quantitative estimate of drug-likeness (QED) is 0.295. The van der Waals surface area contributed by atoms with Gasteiger partial charge in [-0.15, -0.1) is 0 Å². The first-order valence-corrected chi connectivity index (χ1v) is 15.5. The van der Waals surface area contributed by atoms with E-state index in [1.54, 1.807) is 51.1 Å². The molecule has 1 aliphatic heterocycles. The van der Waals surface area contributed by atoms with Crippen LogP contribution in [0.4, 0.5) is 18.0 Å². The van der Waals surface area contributed by atoms with Crippen LogP contribution in [0.5, 0.6) is 0 Å². The van der Waals surface area contributed by atoms with Crippen molar-refractivity contribution in [1.82, 2.24) is 29.4 Å². The topological polar surface area (TPSA) is 127 Å². The van der Waals surface area contributed by atoms with Crippen LogP contribution in [0.3, 0.4) is 0 Å². The van der Waals surface area contributed by atoms with E-state index in [0.717, 1.165) is 36.1 Å². The minimum atomic E-state index is -4.67. The number of alkyl halides is 3. The highest BCUT2D eigenvalue weighted by Crippen LogP contribution is 2.42. The summed E-state index contributed by atoms with van der Waals surface area (Å²) in [5, 5.41) is 16.6. The Hall–Kier alpha value is -5.32. The Balaban J connectivity index is 1.49. The van der Waals surface area contributed by atoms with Crippen LogP contribution >= 0.6 is 0 Å². The minimum Gasteiger partial charge on any atom is -0.444 e. The molecule has 2 aliphatic rings. The van der Waals surface area contributed by atoms with Crippen LogP contribution < -0.4 is 10.9 Å². The van der Waals surface area contributed by atoms with Gasteiger partial charge in [0.25, 0.3) is 11.5 Å². The molecule has 1 saturated carbocycles. The Bertz CT molecular complexity index is 1980. The molecule has 0 bridgehead atoms. The van der Waals surface area contributed by atoms with Crippen molar-refractivity contribution in [2.75, 3.05) is 6.54 Å². The molecule has 2 aromatic heterocycles. The summed E-state index contributed by atoms with van der Waals surface area (Å²) in [7, 11) is 1.47. The van der Waals surface area contributed by atoms with Crippen molar-refractivity contribution in [1.29, 1.82) is 5.26 Å². The third kappa shape index (κ3) is 5.96. The fraction of sp³-hybridized carbons (Fsp3) is 0.382. The maximum Gasteiger partial charge on any atom is 0.416 e. The van der Waals surface area contributed by atoms with Crippen molar-refractivity contribution in [2.24, 2.45) is 18.9 Å². The van der Waals surface area contributed by atoms with Gasteiger partial charge >= 0.3 is 12.3 Å². The fourth-order valence-electron chi connectivity index (χ4n) is 6.78. The normalized spacial score (nSPS) is 19.2. The summed E-state index contributed by atoms with van der Waals surface area (Å²) < 4.78 is 50.6. The molecule has 14 heteroatoms. The number of amides is 2. The molecular formula is C34H34F3N7O4. The molecule has 4 aromatic rings. The Labute approximate surface area is 274 Å². The van der Waals surface area contributed by atoms with E-state index < -0.39 is 41.1 Å². The number of benzene rings is 2. The number of carbonyl (C=O) groups excluding carboxylic acids is 2. The first kappa shape index (κ1) is 32.6. The van der Waals surface area contributed by atoms with Gasteiger partial charge in [0.2, 0.25) is 0 Å². The SMILES string of the molecule is Cn1c(-c2ccnn2-c2ccc(C#N)cc2)c(C(=O)NC2C3CCCC3CN2C(=O)OC(C)(C)C)c(=O)n1-c1cccc(C(F)(F)F)c1. The molecule has 1 N–H and O–H groups in total. The van der Waals surface area contributed by atoms with E-state index in [1.807, 2.05) is 6.07 Å². The number of nitriles is 1. The molecule has 3 atom stereocenters. The van der Waals surface area contributed by atoms with E-state index >= 15 is 0 Å². The molecule has 1 saturated heterocycles. The summed E-state index contributed by atoms with van der Waals surface area (Å²) in [5.41, 5.74) is -1.74. The Morgan fingerprint density at radius 2 is 1.77 bits per heavy atom. The van der Waals surface area contributed by atoms with Crippen molar-refractivity contribution in [3.05, 3.63) is 87.8 Å². The molecule has 3 heterocycles. The summed E-state index contributed by atoms with van der Waals surface area (Å²) in [6.07, 6.45) is -2.00. The van der Waals surface area contributed by atoms with Gasteiger partial charge in [-0.1, -0.05) is 12.5 Å². The second-order valence-electron chi connectivity index (χ2n) is 13.1. The average Bonchev–Trinajstić information content (AvgIpc) is 3.80. The van der Waals surface area contributed by atoms with Crippen LogP contribution in [0, 0.1) is 23.2 Å². The molecule has 0 spiro atoms. The van der Waals surface area contributed by atoms with Crippen molar-refractivity contribution >= 4 is 12.0 Å². The maximum atomic E-state index is 14.4. The van der Waals surface area contributed by atoms with Gasteiger partial charge in [-0.2, -0.15) is 23.5 Å². The van der Waals surface area contributed by atoms with Crippen molar-refractivity contribution < 1.29 is 27.5 Å². The molecule has 250 valence electrons. The Kier molecular flexibility index (Phi) is 8.18. The number of fused-ring (bicyclic) bond motifs is 1. The zero-order chi connectivity index (χ0) is 34.5. The summed E-state index contributed by atoms with van der Waals surface area (Å²) in [6.45, 7) is 5.63. The van der Waals surface area contributed by atoms with E-state index in [2.05, 4.69) is 10.4 Å². The predicted octanol–water partition coefficient (Wildman–Crippen LogP) is 5.64. The highest BCUT2D eigenvalue weighted by atomic mass is 19.4. The molecule has 0 radical (unpaired) electrons. The number of nitrogens with one attached hydrogen (secondary N) is 1. The minimum absolute atomic E-state index is 0.0662. The van der Waals surface area contributed by atoms with Gasteiger partial charge in [0, 0.05) is 19.5 Å². The number of carbonyl (C=O) groups is 2. The van der Waals surface area contributed by atoms with Crippen LogP contribution in [0.1, 0.15) is 61.5 Å². The fourth-order valence-corrected chi connectivity index (χ4v) is 6.78. The summed E-state index contributed by atoms with van der Waals surface area (Å²) in [5.74, 6) is -0.726. The lowest BCUT2D eigenvalue weighted by Crippen LogP contribution is -2.51. The van der Waals surface area contributed by atoms with Crippen LogP contribution in [0.2, 0.25) is 0 Å². The van der Waals surface area contributed by atoms with E-state index in [1.165, 1.54) is 39.6 Å². The predicted molar refractivity (Wildman–Crippen MR) is 168 cm³/mol. The van der Waals surface area contributed by atoms with Crippen LogP contribution in [-0.4, -0.2) is 54.4 Å². The van der Waals surface area contributed by atoms with Gasteiger partial charge < -0.3 is 10.1 Å². The maximum absolute atomic E-state index is 14.4. The van der Waals surface area contributed by atoms with Gasteiger partial charge in [-0.3, -0.25) is 19.2 Å². The average molecular weight is 662 g/mol. The largest absolute Gasteiger partial charge is 0.444 e. The van der Waals surface area contributed by atoms with E-state index in [-0.39, 0.29) is 28.8 Å². The molecule has 3 unspecified atom stereocenters. The smallest absolute Gasteiger partial charge is 0.416 e. The van der Waals surface area contributed by atoms with Crippen molar-refractivity contribution in [3.63, 3.8) is 0 Å². The van der Waals surface area contributed by atoms with Gasteiger partial charge in [0.05, 0.1) is 40.5 Å². The third-order valence-corrected chi connectivity index (χ3v) is 8.84.